The van der Waals surface area contributed by atoms with Gasteiger partial charge in [0.05, 0.1) is 19.2 Å². The fourth-order valence-corrected chi connectivity index (χ4v) is 2.92. The number of rotatable bonds is 6. The van der Waals surface area contributed by atoms with Crippen LogP contribution in [0.15, 0.2) is 0 Å². The summed E-state index contributed by atoms with van der Waals surface area (Å²) in [5.41, 5.74) is 0. The summed E-state index contributed by atoms with van der Waals surface area (Å²) in [5, 5.41) is 6.06. The Labute approximate surface area is 126 Å². The molecule has 0 aromatic rings. The number of likely N-dealkylation sites (tertiary alicyclic amines) is 1. The van der Waals surface area contributed by atoms with Gasteiger partial charge in [0.2, 0.25) is 11.8 Å². The number of nitrogens with one attached hydrogen (secondary N) is 2. The maximum absolute atomic E-state index is 12.6. The van der Waals surface area contributed by atoms with Gasteiger partial charge >= 0.3 is 0 Å². The molecule has 1 unspecified atom stereocenters. The van der Waals surface area contributed by atoms with Crippen molar-refractivity contribution in [3.8, 4) is 0 Å². The third-order valence-corrected chi connectivity index (χ3v) is 4.05. The Morgan fingerprint density at radius 1 is 1.29 bits per heavy atom. The third kappa shape index (κ3) is 4.66. The van der Waals surface area contributed by atoms with Crippen LogP contribution in [0.1, 0.15) is 12.8 Å². The van der Waals surface area contributed by atoms with Gasteiger partial charge in [-0.2, -0.15) is 0 Å². The zero-order valence-electron chi connectivity index (χ0n) is 12.8. The quantitative estimate of drug-likeness (QED) is 0.593. The molecular formula is C14H26N4O3. The first-order valence-corrected chi connectivity index (χ1v) is 7.71. The van der Waals surface area contributed by atoms with Crippen molar-refractivity contribution in [1.82, 2.24) is 20.4 Å². The largest absolute Gasteiger partial charge is 0.383 e. The highest BCUT2D eigenvalue weighted by Crippen LogP contribution is 2.19. The van der Waals surface area contributed by atoms with Crippen LogP contribution in [-0.4, -0.2) is 87.2 Å². The Balaban J connectivity index is 1.81. The van der Waals surface area contributed by atoms with Crippen LogP contribution < -0.4 is 10.6 Å². The molecule has 0 aromatic heterocycles. The number of nitrogens with zero attached hydrogens (tertiary/aromatic N) is 2. The standard InChI is InChI=1S/C14H26N4O3/c1-21-10-6-16-13(19)11-18-7-2-3-12(18)14(20)17-8-4-15-5-9-17/h12,15H,2-11H2,1H3,(H,16,19). The molecule has 1 atom stereocenters. The summed E-state index contributed by atoms with van der Waals surface area (Å²) in [4.78, 5) is 28.4. The van der Waals surface area contributed by atoms with E-state index < -0.39 is 0 Å². The normalized spacial score (nSPS) is 23.3. The molecule has 7 heteroatoms. The number of piperazine rings is 1. The molecule has 2 amide bonds. The fraction of sp³-hybridized carbons (Fsp3) is 0.857. The van der Waals surface area contributed by atoms with Crippen molar-refractivity contribution in [2.24, 2.45) is 0 Å². The van der Waals surface area contributed by atoms with Gasteiger partial charge in [-0.1, -0.05) is 0 Å². The predicted molar refractivity (Wildman–Crippen MR) is 78.9 cm³/mol. The minimum absolute atomic E-state index is 0.0351. The summed E-state index contributed by atoms with van der Waals surface area (Å²) in [7, 11) is 1.61. The number of ether oxygens (including phenoxy) is 1. The molecule has 0 aliphatic carbocycles. The van der Waals surface area contributed by atoms with Gasteiger partial charge < -0.3 is 20.3 Å². The number of hydrogen-bond donors (Lipinski definition) is 2. The van der Waals surface area contributed by atoms with Gasteiger partial charge in [0.15, 0.2) is 0 Å². The fourth-order valence-electron chi connectivity index (χ4n) is 2.92. The monoisotopic (exact) mass is 298 g/mol. The van der Waals surface area contributed by atoms with E-state index in [2.05, 4.69) is 10.6 Å². The number of methoxy groups -OCH3 is 1. The summed E-state index contributed by atoms with van der Waals surface area (Å²) < 4.78 is 4.91. The minimum atomic E-state index is -0.128. The van der Waals surface area contributed by atoms with Crippen LogP contribution >= 0.6 is 0 Å². The number of hydrogen-bond acceptors (Lipinski definition) is 5. The molecule has 2 aliphatic rings. The Bertz CT molecular complexity index is 358. The number of carbonyl (C=O) groups excluding carboxylic acids is 2. The molecule has 2 fully saturated rings. The Kier molecular flexibility index (Phi) is 6.41. The summed E-state index contributed by atoms with van der Waals surface area (Å²) >= 11 is 0. The zero-order valence-corrected chi connectivity index (χ0v) is 12.8. The zero-order chi connectivity index (χ0) is 15.1. The molecule has 2 rings (SSSR count). The van der Waals surface area contributed by atoms with Crippen LogP contribution in [0.25, 0.3) is 0 Å². The Hall–Kier alpha value is -1.18. The molecule has 7 nitrogen and oxygen atoms in total. The molecule has 0 bridgehead atoms. The lowest BCUT2D eigenvalue weighted by atomic mass is 10.1. The van der Waals surface area contributed by atoms with Crippen molar-refractivity contribution >= 4 is 11.8 Å². The van der Waals surface area contributed by atoms with Gasteiger partial charge in [-0.15, -0.1) is 0 Å². The topological polar surface area (TPSA) is 73.9 Å². The van der Waals surface area contributed by atoms with E-state index in [1.165, 1.54) is 0 Å². The third-order valence-electron chi connectivity index (χ3n) is 4.05. The smallest absolute Gasteiger partial charge is 0.240 e. The van der Waals surface area contributed by atoms with Crippen LogP contribution in [0, 0.1) is 0 Å². The number of amides is 2. The van der Waals surface area contributed by atoms with Gasteiger partial charge in [-0.25, -0.2) is 0 Å². The van der Waals surface area contributed by atoms with Crippen molar-refractivity contribution in [3.63, 3.8) is 0 Å². The highest BCUT2D eigenvalue weighted by molar-refractivity contribution is 5.84. The van der Waals surface area contributed by atoms with E-state index in [9.17, 15) is 9.59 Å². The maximum Gasteiger partial charge on any atom is 0.240 e. The SMILES string of the molecule is COCCNC(=O)CN1CCCC1C(=O)N1CCNCC1. The molecule has 0 radical (unpaired) electrons. The number of carbonyl (C=O) groups is 2. The predicted octanol–water partition coefficient (Wildman–Crippen LogP) is -1.35. The Morgan fingerprint density at radius 3 is 2.76 bits per heavy atom. The van der Waals surface area contributed by atoms with Crippen molar-refractivity contribution < 1.29 is 14.3 Å². The first kappa shape index (κ1) is 16.2. The van der Waals surface area contributed by atoms with Crippen LogP contribution in [0.3, 0.4) is 0 Å². The lowest BCUT2D eigenvalue weighted by Gasteiger charge is -2.32. The van der Waals surface area contributed by atoms with E-state index in [1.54, 1.807) is 7.11 Å². The first-order valence-electron chi connectivity index (χ1n) is 7.71. The molecule has 120 valence electrons. The highest BCUT2D eigenvalue weighted by Gasteiger charge is 2.34. The second-order valence-corrected chi connectivity index (χ2v) is 5.55. The molecule has 2 saturated heterocycles. The maximum atomic E-state index is 12.6. The van der Waals surface area contributed by atoms with Crippen molar-refractivity contribution in [3.05, 3.63) is 0 Å². The summed E-state index contributed by atoms with van der Waals surface area (Å²) in [6.07, 6.45) is 1.84. The molecule has 0 aromatic carbocycles. The lowest BCUT2D eigenvalue weighted by Crippen LogP contribution is -2.53. The average Bonchev–Trinajstić information content (AvgIpc) is 2.95. The molecule has 0 spiro atoms. The van der Waals surface area contributed by atoms with Crippen LogP contribution in [0.5, 0.6) is 0 Å². The molecule has 2 N–H and O–H groups in total. The van der Waals surface area contributed by atoms with E-state index in [0.717, 1.165) is 45.6 Å². The molecular weight excluding hydrogens is 272 g/mol. The average molecular weight is 298 g/mol. The van der Waals surface area contributed by atoms with Gasteiger partial charge in [0, 0.05) is 39.8 Å². The lowest BCUT2D eigenvalue weighted by molar-refractivity contribution is -0.137. The van der Waals surface area contributed by atoms with Gasteiger partial charge in [0.1, 0.15) is 0 Å². The van der Waals surface area contributed by atoms with E-state index in [4.69, 9.17) is 4.74 Å². The van der Waals surface area contributed by atoms with Crippen molar-refractivity contribution in [2.75, 3.05) is 59.5 Å². The van der Waals surface area contributed by atoms with E-state index >= 15 is 0 Å². The minimum Gasteiger partial charge on any atom is -0.383 e. The molecule has 21 heavy (non-hydrogen) atoms. The van der Waals surface area contributed by atoms with Crippen molar-refractivity contribution in [1.29, 1.82) is 0 Å². The van der Waals surface area contributed by atoms with E-state index in [-0.39, 0.29) is 17.9 Å². The summed E-state index contributed by atoms with van der Waals surface area (Å²) in [5.74, 6) is 0.144. The van der Waals surface area contributed by atoms with E-state index in [0.29, 0.717) is 19.7 Å². The molecule has 2 aliphatic heterocycles. The van der Waals surface area contributed by atoms with Gasteiger partial charge in [-0.05, 0) is 19.4 Å². The molecule has 2 heterocycles. The van der Waals surface area contributed by atoms with Crippen molar-refractivity contribution in [2.45, 2.75) is 18.9 Å². The first-order chi connectivity index (χ1) is 10.2. The second-order valence-electron chi connectivity index (χ2n) is 5.55. The van der Waals surface area contributed by atoms with E-state index in [1.807, 2.05) is 9.80 Å². The van der Waals surface area contributed by atoms with Crippen LogP contribution in [0.2, 0.25) is 0 Å². The van der Waals surface area contributed by atoms with Gasteiger partial charge in [0.25, 0.3) is 0 Å². The van der Waals surface area contributed by atoms with Crippen LogP contribution in [-0.2, 0) is 14.3 Å². The highest BCUT2D eigenvalue weighted by atomic mass is 16.5. The summed E-state index contributed by atoms with van der Waals surface area (Å²) in [6.45, 7) is 5.39. The second kappa shape index (κ2) is 8.31. The van der Waals surface area contributed by atoms with Crippen LogP contribution in [0.4, 0.5) is 0 Å². The Morgan fingerprint density at radius 2 is 2.05 bits per heavy atom. The summed E-state index contributed by atoms with van der Waals surface area (Å²) in [6, 6.07) is -0.128. The van der Waals surface area contributed by atoms with Gasteiger partial charge in [-0.3, -0.25) is 14.5 Å². The molecule has 0 saturated carbocycles.